The van der Waals surface area contributed by atoms with Crippen molar-refractivity contribution < 1.29 is 9.47 Å². The highest BCUT2D eigenvalue weighted by Gasteiger charge is 2.11. The molecule has 2 rings (SSSR count). The minimum absolute atomic E-state index is 0.154. The van der Waals surface area contributed by atoms with Gasteiger partial charge < -0.3 is 24.7 Å². The van der Waals surface area contributed by atoms with E-state index in [9.17, 15) is 0 Å². The smallest absolute Gasteiger partial charge is 0.192 e. The van der Waals surface area contributed by atoms with Crippen LogP contribution in [0.3, 0.4) is 0 Å². The van der Waals surface area contributed by atoms with Gasteiger partial charge in [-0.3, -0.25) is 0 Å². The maximum absolute atomic E-state index is 6.26. The summed E-state index contributed by atoms with van der Waals surface area (Å²) in [4.78, 5) is 4.78. The topological polar surface area (TPSA) is 85.6 Å². The monoisotopic (exact) mass is 430 g/mol. The van der Waals surface area contributed by atoms with Crippen molar-refractivity contribution in [2.45, 2.75) is 60.2 Å². The molecule has 1 unspecified atom stereocenters. The van der Waals surface area contributed by atoms with E-state index in [1.807, 2.05) is 18.5 Å². The van der Waals surface area contributed by atoms with Gasteiger partial charge in [-0.2, -0.15) is 0 Å². The van der Waals surface area contributed by atoms with Crippen molar-refractivity contribution in [3.8, 4) is 5.75 Å². The lowest BCUT2D eigenvalue weighted by Gasteiger charge is -2.19. The number of aromatic nitrogens is 3. The summed E-state index contributed by atoms with van der Waals surface area (Å²) in [6.07, 6.45) is 1.17. The number of methoxy groups -OCH3 is 1. The summed E-state index contributed by atoms with van der Waals surface area (Å²) in [5.41, 5.74) is 2.23. The van der Waals surface area contributed by atoms with Crippen LogP contribution in [0.1, 0.15) is 50.0 Å². The summed E-state index contributed by atoms with van der Waals surface area (Å²) >= 11 is 0. The molecule has 0 bridgehead atoms. The molecule has 8 heteroatoms. The first-order valence-electron chi connectivity index (χ1n) is 10.9. The van der Waals surface area contributed by atoms with E-state index in [0.29, 0.717) is 38.1 Å². The van der Waals surface area contributed by atoms with E-state index in [1.54, 1.807) is 7.11 Å². The largest absolute Gasteiger partial charge is 0.490 e. The molecule has 0 radical (unpaired) electrons. The molecule has 2 aromatic rings. The number of aryl methyl sites for hydroxylation is 2. The fourth-order valence-corrected chi connectivity index (χ4v) is 3.21. The summed E-state index contributed by atoms with van der Waals surface area (Å²) in [6, 6.07) is 6.28. The zero-order valence-corrected chi connectivity index (χ0v) is 20.0. The lowest BCUT2D eigenvalue weighted by Crippen LogP contribution is -2.39. The molecule has 0 saturated carbocycles. The molecule has 0 amide bonds. The van der Waals surface area contributed by atoms with Crippen LogP contribution in [0, 0.1) is 19.8 Å². The summed E-state index contributed by atoms with van der Waals surface area (Å²) in [6.45, 7) is 12.8. The third kappa shape index (κ3) is 8.20. The first-order valence-corrected chi connectivity index (χ1v) is 10.9. The molecule has 0 spiro atoms. The highest BCUT2D eigenvalue weighted by molar-refractivity contribution is 5.79. The van der Waals surface area contributed by atoms with Gasteiger partial charge in [-0.25, -0.2) is 4.99 Å². The number of nitrogens with one attached hydrogen (secondary N) is 2. The molecule has 2 N–H and O–H groups in total. The number of guanidine groups is 1. The minimum atomic E-state index is 0.154. The quantitative estimate of drug-likeness (QED) is 0.324. The molecule has 0 aliphatic heterocycles. The van der Waals surface area contributed by atoms with Crippen molar-refractivity contribution in [3.63, 3.8) is 0 Å². The average Bonchev–Trinajstić information content (AvgIpc) is 3.02. The van der Waals surface area contributed by atoms with Crippen LogP contribution in [0.25, 0.3) is 0 Å². The third-order valence-corrected chi connectivity index (χ3v) is 4.96. The van der Waals surface area contributed by atoms with Crippen molar-refractivity contribution in [3.05, 3.63) is 41.0 Å². The molecule has 1 atom stereocenters. The van der Waals surface area contributed by atoms with Crippen LogP contribution < -0.4 is 15.4 Å². The second-order valence-electron chi connectivity index (χ2n) is 8.33. The van der Waals surface area contributed by atoms with E-state index in [1.165, 1.54) is 5.56 Å². The molecule has 1 heterocycles. The maximum Gasteiger partial charge on any atom is 0.192 e. The van der Waals surface area contributed by atoms with Crippen molar-refractivity contribution >= 4 is 5.96 Å². The van der Waals surface area contributed by atoms with Crippen LogP contribution in [0.15, 0.2) is 23.2 Å². The fourth-order valence-electron chi connectivity index (χ4n) is 3.21. The summed E-state index contributed by atoms with van der Waals surface area (Å²) in [5.74, 6) is 3.91. The van der Waals surface area contributed by atoms with Crippen molar-refractivity contribution in [1.82, 2.24) is 25.4 Å². The van der Waals surface area contributed by atoms with Gasteiger partial charge in [0.05, 0.1) is 25.8 Å². The Kier molecular flexibility index (Phi) is 9.78. The van der Waals surface area contributed by atoms with Crippen molar-refractivity contribution in [1.29, 1.82) is 0 Å². The number of hydrogen-bond donors (Lipinski definition) is 2. The summed E-state index contributed by atoms with van der Waals surface area (Å²) in [5, 5.41) is 14.9. The van der Waals surface area contributed by atoms with Gasteiger partial charge >= 0.3 is 0 Å². The average molecular weight is 431 g/mol. The van der Waals surface area contributed by atoms with Crippen molar-refractivity contribution in [2.24, 2.45) is 18.0 Å². The first-order chi connectivity index (χ1) is 14.8. The SMILES string of the molecule is COCCNC(=NCc1ccc(C)cc1OC(C)CC(C)C)NCc1nnc(C)n1C. The van der Waals surface area contributed by atoms with Gasteiger partial charge in [-0.15, -0.1) is 10.2 Å². The molecule has 172 valence electrons. The molecule has 0 saturated heterocycles. The highest BCUT2D eigenvalue weighted by atomic mass is 16.5. The molecule has 31 heavy (non-hydrogen) atoms. The molecule has 8 nitrogen and oxygen atoms in total. The van der Waals surface area contributed by atoms with E-state index >= 15 is 0 Å². The van der Waals surface area contributed by atoms with Crippen LogP contribution in [0.4, 0.5) is 0 Å². The van der Waals surface area contributed by atoms with E-state index in [2.05, 4.69) is 66.7 Å². The predicted molar refractivity (Wildman–Crippen MR) is 124 cm³/mol. The molecular weight excluding hydrogens is 392 g/mol. The van der Waals surface area contributed by atoms with Gasteiger partial charge in [-0.05, 0) is 44.7 Å². The number of ether oxygens (including phenoxy) is 2. The molecule has 1 aromatic carbocycles. The first kappa shape index (κ1) is 24.7. The van der Waals surface area contributed by atoms with Crippen LogP contribution >= 0.6 is 0 Å². The Morgan fingerprint density at radius 3 is 2.58 bits per heavy atom. The highest BCUT2D eigenvalue weighted by Crippen LogP contribution is 2.24. The Morgan fingerprint density at radius 1 is 1.16 bits per heavy atom. The van der Waals surface area contributed by atoms with E-state index in [4.69, 9.17) is 14.5 Å². The standard InChI is InChI=1S/C23H38N6O2/c1-16(2)12-18(4)31-21-13-17(3)8-9-20(21)14-25-23(24-10-11-30-7)26-15-22-28-27-19(5)29(22)6/h8-9,13,16,18H,10-12,14-15H2,1-7H3,(H2,24,25,26). The van der Waals surface area contributed by atoms with Gasteiger partial charge in [0, 0.05) is 26.3 Å². The van der Waals surface area contributed by atoms with E-state index in [-0.39, 0.29) is 6.10 Å². The second-order valence-corrected chi connectivity index (χ2v) is 8.33. The lowest BCUT2D eigenvalue weighted by molar-refractivity contribution is 0.191. The molecule has 0 aliphatic carbocycles. The molecule has 0 aliphatic rings. The summed E-state index contributed by atoms with van der Waals surface area (Å²) < 4.78 is 13.4. The Hall–Kier alpha value is -2.61. The van der Waals surface area contributed by atoms with Crippen LogP contribution in [-0.2, 0) is 24.9 Å². The normalized spacial score (nSPS) is 12.8. The zero-order valence-electron chi connectivity index (χ0n) is 20.0. The van der Waals surface area contributed by atoms with Crippen LogP contribution in [-0.4, -0.2) is 47.1 Å². The number of rotatable bonds is 11. The van der Waals surface area contributed by atoms with Gasteiger partial charge in [0.25, 0.3) is 0 Å². The number of benzene rings is 1. The predicted octanol–water partition coefficient (Wildman–Crippen LogP) is 3.13. The molecular formula is C23H38N6O2. The zero-order chi connectivity index (χ0) is 22.8. The number of aliphatic imine (C=N–C) groups is 1. The van der Waals surface area contributed by atoms with Gasteiger partial charge in [0.15, 0.2) is 11.8 Å². The maximum atomic E-state index is 6.26. The molecule has 1 aromatic heterocycles. The minimum Gasteiger partial charge on any atom is -0.490 e. The third-order valence-electron chi connectivity index (χ3n) is 4.96. The van der Waals surface area contributed by atoms with Gasteiger partial charge in [0.1, 0.15) is 11.6 Å². The van der Waals surface area contributed by atoms with E-state index in [0.717, 1.165) is 29.4 Å². The van der Waals surface area contributed by atoms with Crippen LogP contribution in [0.2, 0.25) is 0 Å². The van der Waals surface area contributed by atoms with E-state index < -0.39 is 0 Å². The second kappa shape index (κ2) is 12.3. The Bertz CT molecular complexity index is 847. The lowest BCUT2D eigenvalue weighted by atomic mass is 10.1. The number of nitrogens with zero attached hydrogens (tertiary/aromatic N) is 4. The Morgan fingerprint density at radius 2 is 1.94 bits per heavy atom. The van der Waals surface area contributed by atoms with Crippen molar-refractivity contribution in [2.75, 3.05) is 20.3 Å². The van der Waals surface area contributed by atoms with Gasteiger partial charge in [-0.1, -0.05) is 26.0 Å². The molecule has 0 fully saturated rings. The van der Waals surface area contributed by atoms with Crippen LogP contribution in [0.5, 0.6) is 5.75 Å². The Balaban J connectivity index is 2.12. The summed E-state index contributed by atoms with van der Waals surface area (Å²) in [7, 11) is 3.64. The van der Waals surface area contributed by atoms with Gasteiger partial charge in [0.2, 0.25) is 0 Å². The fraction of sp³-hybridized carbons (Fsp3) is 0.609. The number of hydrogen-bond acceptors (Lipinski definition) is 5. The Labute approximate surface area is 186 Å².